The summed E-state index contributed by atoms with van der Waals surface area (Å²) in [6, 6.07) is -0.421. The second kappa shape index (κ2) is 6.49. The Morgan fingerprint density at radius 1 is 1.60 bits per heavy atom. The predicted octanol–water partition coefficient (Wildman–Crippen LogP) is 0.244. The Hall–Kier alpha value is -1.96. The lowest BCUT2D eigenvalue weighted by atomic mass is 10.4. The summed E-state index contributed by atoms with van der Waals surface area (Å²) in [7, 11) is 1.55. The van der Waals surface area contributed by atoms with E-state index in [1.165, 1.54) is 4.90 Å². The first-order valence-electron chi connectivity index (χ1n) is 4.29. The predicted molar refractivity (Wildman–Crippen MR) is 56.3 cm³/mol. The van der Waals surface area contributed by atoms with Crippen molar-refractivity contribution in [3.8, 4) is 12.3 Å². The Morgan fingerprint density at radius 2 is 2.20 bits per heavy atom. The van der Waals surface area contributed by atoms with E-state index in [2.05, 4.69) is 12.5 Å². The van der Waals surface area contributed by atoms with Crippen LogP contribution in [-0.4, -0.2) is 53.6 Å². The number of aliphatic carboxylic acids is 1. The van der Waals surface area contributed by atoms with Crippen LogP contribution in [-0.2, 0) is 4.79 Å². The minimum Gasteiger partial charge on any atom is -0.480 e. The van der Waals surface area contributed by atoms with Gasteiger partial charge in [-0.05, 0) is 0 Å². The highest BCUT2D eigenvalue weighted by Crippen LogP contribution is 1.96. The second-order valence-corrected chi connectivity index (χ2v) is 2.91. The van der Waals surface area contributed by atoms with Crippen LogP contribution < -0.4 is 0 Å². The smallest absolute Gasteiger partial charge is 0.323 e. The van der Waals surface area contributed by atoms with Crippen molar-refractivity contribution in [2.45, 2.75) is 0 Å². The number of nitrogens with zero attached hydrogens (tertiary/aromatic N) is 2. The fraction of sp³-hybridized carbons (Fsp3) is 0.400. The first-order valence-corrected chi connectivity index (χ1v) is 4.29. The zero-order valence-corrected chi connectivity index (χ0v) is 8.64. The first kappa shape index (κ1) is 13.0. The summed E-state index contributed by atoms with van der Waals surface area (Å²) in [6.45, 7) is 3.41. The first-order chi connectivity index (χ1) is 7.02. The van der Waals surface area contributed by atoms with Crippen LogP contribution in [0.4, 0.5) is 4.79 Å². The fourth-order valence-corrected chi connectivity index (χ4v) is 0.978. The van der Waals surface area contributed by atoms with Crippen molar-refractivity contribution in [1.29, 1.82) is 0 Å². The highest BCUT2D eigenvalue weighted by molar-refractivity contribution is 5.80. The summed E-state index contributed by atoms with van der Waals surface area (Å²) < 4.78 is 0. The van der Waals surface area contributed by atoms with Crippen LogP contribution in [0.2, 0.25) is 0 Å². The van der Waals surface area contributed by atoms with Crippen LogP contribution in [0.1, 0.15) is 0 Å². The normalized spacial score (nSPS) is 8.80. The summed E-state index contributed by atoms with van der Waals surface area (Å²) in [5.74, 6) is 1.15. The van der Waals surface area contributed by atoms with Crippen molar-refractivity contribution in [3.63, 3.8) is 0 Å². The Balaban J connectivity index is 4.47. The van der Waals surface area contributed by atoms with E-state index < -0.39 is 18.5 Å². The molecule has 0 aromatic heterocycles. The SMILES string of the molecule is C#CCN(CC(=O)O)C(=O)N(C)CC=C. The van der Waals surface area contributed by atoms with Gasteiger partial charge in [0.2, 0.25) is 0 Å². The van der Waals surface area contributed by atoms with Gasteiger partial charge in [0.05, 0.1) is 6.54 Å². The maximum Gasteiger partial charge on any atom is 0.323 e. The number of amides is 2. The van der Waals surface area contributed by atoms with Gasteiger partial charge in [0, 0.05) is 13.6 Å². The van der Waals surface area contributed by atoms with E-state index >= 15 is 0 Å². The van der Waals surface area contributed by atoms with Gasteiger partial charge in [-0.3, -0.25) is 4.79 Å². The molecular weight excluding hydrogens is 196 g/mol. The molecule has 0 unspecified atom stereocenters. The number of terminal acetylenes is 1. The van der Waals surface area contributed by atoms with Crippen molar-refractivity contribution < 1.29 is 14.7 Å². The van der Waals surface area contributed by atoms with Gasteiger partial charge in [0.25, 0.3) is 0 Å². The lowest BCUT2D eigenvalue weighted by molar-refractivity contribution is -0.137. The van der Waals surface area contributed by atoms with E-state index in [0.717, 1.165) is 4.90 Å². The maximum atomic E-state index is 11.6. The molecule has 0 rings (SSSR count). The summed E-state index contributed by atoms with van der Waals surface area (Å²) >= 11 is 0. The number of urea groups is 1. The van der Waals surface area contributed by atoms with Crippen molar-refractivity contribution in [2.75, 3.05) is 26.7 Å². The van der Waals surface area contributed by atoms with E-state index in [1.807, 2.05) is 0 Å². The van der Waals surface area contributed by atoms with Crippen LogP contribution in [0.5, 0.6) is 0 Å². The van der Waals surface area contributed by atoms with Gasteiger partial charge < -0.3 is 14.9 Å². The topological polar surface area (TPSA) is 60.9 Å². The van der Waals surface area contributed by atoms with E-state index in [9.17, 15) is 9.59 Å². The molecule has 0 aliphatic heterocycles. The summed E-state index contributed by atoms with van der Waals surface area (Å²) in [5.41, 5.74) is 0. The minimum atomic E-state index is -1.09. The quantitative estimate of drug-likeness (QED) is 0.522. The zero-order valence-electron chi connectivity index (χ0n) is 8.64. The average molecular weight is 210 g/mol. The van der Waals surface area contributed by atoms with Crippen LogP contribution in [0.3, 0.4) is 0 Å². The molecule has 0 aromatic rings. The average Bonchev–Trinajstić information content (AvgIpc) is 2.16. The Kier molecular flexibility index (Phi) is 5.64. The van der Waals surface area contributed by atoms with Crippen LogP contribution in [0, 0.1) is 12.3 Å². The lowest BCUT2D eigenvalue weighted by Gasteiger charge is -2.24. The minimum absolute atomic E-state index is 0.0212. The molecule has 0 aromatic carbocycles. The number of likely N-dealkylation sites (N-methyl/N-ethyl adjacent to an activating group) is 1. The van der Waals surface area contributed by atoms with Crippen molar-refractivity contribution in [1.82, 2.24) is 9.80 Å². The molecule has 0 aliphatic carbocycles. The third kappa shape index (κ3) is 4.72. The third-order valence-electron chi connectivity index (χ3n) is 1.61. The van der Waals surface area contributed by atoms with Crippen molar-refractivity contribution in [3.05, 3.63) is 12.7 Å². The van der Waals surface area contributed by atoms with E-state index in [0.29, 0.717) is 6.54 Å². The van der Waals surface area contributed by atoms with Gasteiger partial charge >= 0.3 is 12.0 Å². The number of hydrogen-bond acceptors (Lipinski definition) is 2. The zero-order chi connectivity index (χ0) is 11.8. The number of carboxylic acids is 1. The number of hydrogen-bond donors (Lipinski definition) is 1. The molecule has 5 heteroatoms. The van der Waals surface area contributed by atoms with Crippen molar-refractivity contribution in [2.24, 2.45) is 0 Å². The second-order valence-electron chi connectivity index (χ2n) is 2.91. The number of carboxylic acid groups (broad SMARTS) is 1. The summed E-state index contributed by atoms with van der Waals surface area (Å²) in [6.07, 6.45) is 6.59. The van der Waals surface area contributed by atoms with Crippen LogP contribution in [0.15, 0.2) is 12.7 Å². The van der Waals surface area contributed by atoms with Gasteiger partial charge in [-0.25, -0.2) is 4.79 Å². The molecule has 0 fully saturated rings. The van der Waals surface area contributed by atoms with Crippen LogP contribution in [0.25, 0.3) is 0 Å². The third-order valence-corrected chi connectivity index (χ3v) is 1.61. The molecule has 5 nitrogen and oxygen atoms in total. The molecule has 0 radical (unpaired) electrons. The molecule has 1 N–H and O–H groups in total. The van der Waals surface area contributed by atoms with Crippen molar-refractivity contribution >= 4 is 12.0 Å². The molecule has 0 heterocycles. The summed E-state index contributed by atoms with van der Waals surface area (Å²) in [5, 5.41) is 8.57. The van der Waals surface area contributed by atoms with E-state index in [4.69, 9.17) is 11.5 Å². The molecule has 0 bridgehead atoms. The highest BCUT2D eigenvalue weighted by Gasteiger charge is 2.18. The monoisotopic (exact) mass is 210 g/mol. The van der Waals surface area contributed by atoms with Gasteiger partial charge in [0.15, 0.2) is 0 Å². The Bertz CT molecular complexity index is 294. The molecule has 0 saturated heterocycles. The largest absolute Gasteiger partial charge is 0.480 e. The molecule has 0 spiro atoms. The molecule has 0 aliphatic rings. The van der Waals surface area contributed by atoms with E-state index in [-0.39, 0.29) is 6.54 Å². The fourth-order valence-electron chi connectivity index (χ4n) is 0.978. The Morgan fingerprint density at radius 3 is 2.60 bits per heavy atom. The number of rotatable bonds is 5. The molecule has 0 atom stereocenters. The molecule has 0 saturated carbocycles. The molecular formula is C10H14N2O3. The molecule has 2 amide bonds. The van der Waals surface area contributed by atoms with Gasteiger partial charge in [-0.2, -0.15) is 0 Å². The Labute approximate surface area is 89.0 Å². The van der Waals surface area contributed by atoms with Gasteiger partial charge in [0.1, 0.15) is 6.54 Å². The molecule has 82 valence electrons. The van der Waals surface area contributed by atoms with E-state index in [1.54, 1.807) is 13.1 Å². The lowest BCUT2D eigenvalue weighted by Crippen LogP contribution is -2.43. The maximum absolute atomic E-state index is 11.6. The standard InChI is InChI=1S/C10H14N2O3/c1-4-6-11(3)10(15)12(7-5-2)8-9(13)14/h2,4H,1,6-8H2,3H3,(H,13,14). The number of carbonyl (C=O) groups is 2. The van der Waals surface area contributed by atoms with Gasteiger partial charge in [-0.1, -0.05) is 12.0 Å². The van der Waals surface area contributed by atoms with Gasteiger partial charge in [-0.15, -0.1) is 13.0 Å². The number of carbonyl (C=O) groups excluding carboxylic acids is 1. The summed E-state index contributed by atoms with van der Waals surface area (Å²) in [4.78, 5) is 24.5. The molecule has 15 heavy (non-hydrogen) atoms. The van der Waals surface area contributed by atoms with Crippen LogP contribution >= 0.6 is 0 Å². The highest BCUT2D eigenvalue weighted by atomic mass is 16.4.